The Kier molecular flexibility index (Phi) is 8.71. The van der Waals surface area contributed by atoms with Gasteiger partial charge in [0, 0.05) is 56.8 Å². The van der Waals surface area contributed by atoms with Gasteiger partial charge in [-0.2, -0.15) is 0 Å². The van der Waals surface area contributed by atoms with Crippen LogP contribution in [0.3, 0.4) is 0 Å². The third-order valence-corrected chi connectivity index (χ3v) is 7.27. The summed E-state index contributed by atoms with van der Waals surface area (Å²) in [4.78, 5) is 43.9. The summed E-state index contributed by atoms with van der Waals surface area (Å²) < 4.78 is 5.46. The van der Waals surface area contributed by atoms with Gasteiger partial charge in [0.1, 0.15) is 12.0 Å². The summed E-state index contributed by atoms with van der Waals surface area (Å²) in [7, 11) is 0. The maximum absolute atomic E-state index is 13.0. The minimum Gasteiger partial charge on any atom is -0.507 e. The first-order valence-electron chi connectivity index (χ1n) is 14.1. The number of carbonyl (C=O) groups is 3. The zero-order valence-electron chi connectivity index (χ0n) is 23.2. The molecule has 0 atom stereocenters. The molecule has 2 aromatic carbocycles. The zero-order chi connectivity index (χ0) is 28.8. The van der Waals surface area contributed by atoms with Gasteiger partial charge in [0.15, 0.2) is 11.6 Å². The Morgan fingerprint density at radius 3 is 2.56 bits per heavy atom. The number of phenols is 1. The van der Waals surface area contributed by atoms with Crippen molar-refractivity contribution in [3.05, 3.63) is 65.4 Å². The first kappa shape index (κ1) is 28.0. The number of oxazole rings is 1. The standard InChI is InChI=1S/C30H36N6O5/c1-19-6-2-3-7-22(19)31-12-13-32-23-17-26(37)21(28(39)33-11-5-15-36-14-4-8-27(36)38)16-24(23)34-29(40)25-18-41-30(35-25)20-9-10-20/h2-3,6-7,16-18,20,31-32,37H,4-5,8-15H2,1H3,(H,33,39)(H,34,40). The molecule has 1 aliphatic carbocycles. The first-order valence-corrected chi connectivity index (χ1v) is 14.1. The highest BCUT2D eigenvalue weighted by molar-refractivity contribution is 6.06. The first-order chi connectivity index (χ1) is 19.9. The molecule has 11 heteroatoms. The summed E-state index contributed by atoms with van der Waals surface area (Å²) in [6.45, 7) is 4.75. The molecule has 41 heavy (non-hydrogen) atoms. The molecular formula is C30H36N6O5. The number of hydrogen-bond donors (Lipinski definition) is 5. The second-order valence-corrected chi connectivity index (χ2v) is 10.5. The summed E-state index contributed by atoms with van der Waals surface area (Å²) in [5.41, 5.74) is 3.10. The summed E-state index contributed by atoms with van der Waals surface area (Å²) >= 11 is 0. The van der Waals surface area contributed by atoms with Gasteiger partial charge in [-0.3, -0.25) is 14.4 Å². The van der Waals surface area contributed by atoms with Gasteiger partial charge in [0.2, 0.25) is 5.91 Å². The number of nitrogens with zero attached hydrogens (tertiary/aromatic N) is 2. The van der Waals surface area contributed by atoms with Crippen LogP contribution >= 0.6 is 0 Å². The minimum atomic E-state index is -0.478. The number of nitrogens with one attached hydrogen (secondary N) is 4. The fraction of sp³-hybridized carbons (Fsp3) is 0.400. The van der Waals surface area contributed by atoms with Crippen LogP contribution in [0.25, 0.3) is 0 Å². The van der Waals surface area contributed by atoms with Crippen molar-refractivity contribution in [2.24, 2.45) is 0 Å². The second kappa shape index (κ2) is 12.8. The fourth-order valence-electron chi connectivity index (χ4n) is 4.79. The third-order valence-electron chi connectivity index (χ3n) is 7.27. The number of hydrogen-bond acceptors (Lipinski definition) is 8. The summed E-state index contributed by atoms with van der Waals surface area (Å²) in [6.07, 6.45) is 5.37. The van der Waals surface area contributed by atoms with Gasteiger partial charge in [-0.1, -0.05) is 18.2 Å². The number of phenolic OH excluding ortho intramolecular Hbond substituents is 1. The number of aromatic nitrogens is 1. The van der Waals surface area contributed by atoms with E-state index in [1.807, 2.05) is 31.2 Å². The van der Waals surface area contributed by atoms with E-state index in [0.29, 0.717) is 56.3 Å². The van der Waals surface area contributed by atoms with Crippen LogP contribution in [-0.4, -0.2) is 65.4 Å². The van der Waals surface area contributed by atoms with Crippen LogP contribution < -0.4 is 21.3 Å². The molecule has 216 valence electrons. The van der Waals surface area contributed by atoms with Crippen molar-refractivity contribution in [1.29, 1.82) is 0 Å². The summed E-state index contributed by atoms with van der Waals surface area (Å²) in [5, 5.41) is 23.0. The van der Waals surface area contributed by atoms with E-state index in [4.69, 9.17) is 4.42 Å². The number of aryl methyl sites for hydroxylation is 1. The lowest BCUT2D eigenvalue weighted by atomic mass is 10.1. The monoisotopic (exact) mass is 560 g/mol. The number of aromatic hydroxyl groups is 1. The van der Waals surface area contributed by atoms with Gasteiger partial charge < -0.3 is 35.7 Å². The Morgan fingerprint density at radius 1 is 1.05 bits per heavy atom. The van der Waals surface area contributed by atoms with Gasteiger partial charge in [0.05, 0.1) is 16.9 Å². The maximum atomic E-state index is 13.0. The van der Waals surface area contributed by atoms with Crippen LogP contribution in [0, 0.1) is 6.92 Å². The number of amides is 3. The van der Waals surface area contributed by atoms with Crippen LogP contribution in [0.15, 0.2) is 47.1 Å². The third kappa shape index (κ3) is 7.16. The lowest BCUT2D eigenvalue weighted by molar-refractivity contribution is -0.127. The molecule has 11 nitrogen and oxygen atoms in total. The Morgan fingerprint density at radius 2 is 1.83 bits per heavy atom. The van der Waals surface area contributed by atoms with Gasteiger partial charge in [0.25, 0.3) is 11.8 Å². The molecule has 3 amide bonds. The predicted octanol–water partition coefficient (Wildman–Crippen LogP) is 4.08. The van der Waals surface area contributed by atoms with Crippen molar-refractivity contribution >= 4 is 34.8 Å². The SMILES string of the molecule is Cc1ccccc1NCCNc1cc(O)c(C(=O)NCCCN2CCCC2=O)cc1NC(=O)c1coc(C2CC2)n1. The van der Waals surface area contributed by atoms with Crippen molar-refractivity contribution in [2.75, 3.05) is 48.7 Å². The zero-order valence-corrected chi connectivity index (χ0v) is 23.2. The van der Waals surface area contributed by atoms with E-state index in [9.17, 15) is 19.5 Å². The highest BCUT2D eigenvalue weighted by Crippen LogP contribution is 2.39. The van der Waals surface area contributed by atoms with E-state index < -0.39 is 11.8 Å². The number of anilines is 3. The molecule has 0 radical (unpaired) electrons. The number of likely N-dealkylation sites (tertiary alicyclic amines) is 1. The molecule has 1 saturated heterocycles. The van der Waals surface area contributed by atoms with E-state index in [0.717, 1.165) is 37.1 Å². The molecule has 1 saturated carbocycles. The smallest absolute Gasteiger partial charge is 0.277 e. The van der Waals surface area contributed by atoms with Crippen LogP contribution in [0.5, 0.6) is 5.75 Å². The van der Waals surface area contributed by atoms with E-state index in [1.165, 1.54) is 18.4 Å². The van der Waals surface area contributed by atoms with Gasteiger partial charge >= 0.3 is 0 Å². The lowest BCUT2D eigenvalue weighted by Crippen LogP contribution is -2.30. The topological polar surface area (TPSA) is 149 Å². The van der Waals surface area contributed by atoms with E-state index in [-0.39, 0.29) is 28.8 Å². The molecule has 5 rings (SSSR count). The van der Waals surface area contributed by atoms with Crippen molar-refractivity contribution in [1.82, 2.24) is 15.2 Å². The van der Waals surface area contributed by atoms with Crippen molar-refractivity contribution in [2.45, 2.75) is 44.9 Å². The molecule has 0 spiro atoms. The molecule has 1 aliphatic heterocycles. The Labute approximate surface area is 238 Å². The largest absolute Gasteiger partial charge is 0.507 e. The van der Waals surface area contributed by atoms with Crippen LogP contribution in [0.1, 0.15) is 70.3 Å². The molecule has 3 aromatic rings. The number of carbonyl (C=O) groups excluding carboxylic acids is 3. The lowest BCUT2D eigenvalue weighted by Gasteiger charge is -2.17. The van der Waals surface area contributed by atoms with Crippen LogP contribution in [0.2, 0.25) is 0 Å². The minimum absolute atomic E-state index is 0.0277. The van der Waals surface area contributed by atoms with Crippen molar-refractivity contribution in [3.63, 3.8) is 0 Å². The Hall–Kier alpha value is -4.54. The number of para-hydroxylation sites is 1. The molecule has 0 unspecified atom stereocenters. The Balaban J connectivity index is 1.25. The normalized spacial score (nSPS) is 14.7. The molecular weight excluding hydrogens is 524 g/mol. The molecule has 0 bridgehead atoms. The quantitative estimate of drug-likeness (QED) is 0.155. The summed E-state index contributed by atoms with van der Waals surface area (Å²) in [6, 6.07) is 10.8. The summed E-state index contributed by atoms with van der Waals surface area (Å²) in [5.74, 6) is -0.214. The van der Waals surface area contributed by atoms with Gasteiger partial charge in [-0.15, -0.1) is 0 Å². The highest BCUT2D eigenvalue weighted by atomic mass is 16.3. The van der Waals surface area contributed by atoms with Gasteiger partial charge in [-0.25, -0.2) is 4.98 Å². The van der Waals surface area contributed by atoms with E-state index in [2.05, 4.69) is 26.3 Å². The van der Waals surface area contributed by atoms with E-state index >= 15 is 0 Å². The van der Waals surface area contributed by atoms with Crippen molar-refractivity contribution < 1.29 is 23.9 Å². The van der Waals surface area contributed by atoms with E-state index in [1.54, 1.807) is 4.90 Å². The molecule has 2 fully saturated rings. The molecule has 5 N–H and O–H groups in total. The highest BCUT2D eigenvalue weighted by Gasteiger charge is 2.29. The second-order valence-electron chi connectivity index (χ2n) is 10.5. The Bertz CT molecular complexity index is 1420. The number of rotatable bonds is 13. The average Bonchev–Trinajstić information content (AvgIpc) is 3.54. The maximum Gasteiger partial charge on any atom is 0.277 e. The predicted molar refractivity (Wildman–Crippen MR) is 155 cm³/mol. The molecule has 2 heterocycles. The fourth-order valence-corrected chi connectivity index (χ4v) is 4.79. The van der Waals surface area contributed by atoms with Crippen LogP contribution in [0.4, 0.5) is 17.1 Å². The molecule has 2 aliphatic rings. The molecule has 1 aromatic heterocycles. The van der Waals surface area contributed by atoms with Crippen LogP contribution in [-0.2, 0) is 4.79 Å². The average molecular weight is 561 g/mol. The van der Waals surface area contributed by atoms with Crippen molar-refractivity contribution in [3.8, 4) is 5.75 Å². The van der Waals surface area contributed by atoms with Gasteiger partial charge in [-0.05, 0) is 50.3 Å². The number of benzene rings is 2.